The normalized spacial score (nSPS) is 17.3. The molecule has 7 heteroatoms. The first-order valence-corrected chi connectivity index (χ1v) is 14.1. The highest BCUT2D eigenvalue weighted by atomic mass is 79.9. The molecule has 198 valence electrons. The van der Waals surface area contributed by atoms with Gasteiger partial charge in [-0.15, -0.1) is 0 Å². The van der Waals surface area contributed by atoms with Crippen molar-refractivity contribution in [3.05, 3.63) is 74.5 Å². The van der Waals surface area contributed by atoms with Gasteiger partial charge < -0.3 is 19.1 Å². The van der Waals surface area contributed by atoms with Crippen LogP contribution >= 0.6 is 15.9 Å². The number of hydrogen-bond acceptors (Lipinski definition) is 5. The summed E-state index contributed by atoms with van der Waals surface area (Å²) in [4.78, 5) is 19.2. The van der Waals surface area contributed by atoms with Crippen LogP contribution in [0.15, 0.2) is 62.8 Å². The summed E-state index contributed by atoms with van der Waals surface area (Å²) in [5, 5.41) is 0. The molecule has 0 aromatic heterocycles. The number of halogens is 1. The van der Waals surface area contributed by atoms with E-state index in [4.69, 9.17) is 19.2 Å². The van der Waals surface area contributed by atoms with Gasteiger partial charge in [-0.25, -0.2) is 9.79 Å². The van der Waals surface area contributed by atoms with Crippen molar-refractivity contribution >= 4 is 27.9 Å². The lowest BCUT2D eigenvalue weighted by Crippen LogP contribution is -2.37. The van der Waals surface area contributed by atoms with E-state index in [1.165, 1.54) is 16.7 Å². The van der Waals surface area contributed by atoms with Crippen LogP contribution in [-0.2, 0) is 28.9 Å². The Hall–Kier alpha value is -2.80. The molecule has 1 aromatic rings. The van der Waals surface area contributed by atoms with Crippen LogP contribution in [0.2, 0.25) is 0 Å². The predicted molar refractivity (Wildman–Crippen MR) is 151 cm³/mol. The van der Waals surface area contributed by atoms with E-state index in [0.29, 0.717) is 45.2 Å². The van der Waals surface area contributed by atoms with E-state index in [1.807, 2.05) is 24.0 Å². The number of nitrogens with zero attached hydrogens (tertiary/aromatic N) is 2. The Morgan fingerprint density at radius 3 is 2.78 bits per heavy atom. The minimum absolute atomic E-state index is 0.223. The standard InChI is InChI=1S/C30H37BrN2O4/c1-4-7-22-11-13-28(25-14-16-33(19-26(22)25)30(34)36-17-5-2)35-18-15-27-21(3)20-37-29(32-27)23-8-6-9-24(31)12-10-23/h8-13H,4-7,14-20H2,1-3H3. The summed E-state index contributed by atoms with van der Waals surface area (Å²) >= 11 is 3.54. The molecule has 0 N–H and O–H groups in total. The summed E-state index contributed by atoms with van der Waals surface area (Å²) in [6.45, 7) is 9.01. The van der Waals surface area contributed by atoms with E-state index in [1.54, 1.807) is 0 Å². The quantitative estimate of drug-likeness (QED) is 0.316. The van der Waals surface area contributed by atoms with Gasteiger partial charge in [-0.2, -0.15) is 0 Å². The lowest BCUT2D eigenvalue weighted by Gasteiger charge is -2.31. The van der Waals surface area contributed by atoms with Crippen molar-refractivity contribution in [1.29, 1.82) is 0 Å². The first kappa shape index (κ1) is 27.2. The van der Waals surface area contributed by atoms with Crippen LogP contribution in [0.3, 0.4) is 0 Å². The number of ether oxygens (including phenoxy) is 3. The molecule has 0 saturated heterocycles. The fourth-order valence-electron chi connectivity index (χ4n) is 4.73. The molecular formula is C30H37BrN2O4. The maximum atomic E-state index is 12.5. The molecular weight excluding hydrogens is 532 g/mol. The molecule has 0 fully saturated rings. The maximum Gasteiger partial charge on any atom is 0.410 e. The highest BCUT2D eigenvalue weighted by Crippen LogP contribution is 2.32. The molecule has 2 aliphatic heterocycles. The molecule has 0 atom stereocenters. The number of fused-ring (bicyclic) bond motifs is 1. The number of rotatable bonds is 9. The highest BCUT2D eigenvalue weighted by molar-refractivity contribution is 9.11. The Labute approximate surface area is 228 Å². The number of carbonyl (C=O) groups excluding carboxylic acids is 1. The van der Waals surface area contributed by atoms with Crippen LogP contribution in [0.25, 0.3) is 0 Å². The van der Waals surface area contributed by atoms with Crippen LogP contribution in [-0.4, -0.2) is 43.3 Å². The van der Waals surface area contributed by atoms with Gasteiger partial charge in [-0.05, 0) is 67.5 Å². The molecule has 0 saturated carbocycles. The second-order valence-electron chi connectivity index (χ2n) is 9.56. The van der Waals surface area contributed by atoms with Crippen LogP contribution in [0, 0.1) is 0 Å². The van der Waals surface area contributed by atoms with Crippen LogP contribution in [0.4, 0.5) is 4.79 Å². The Kier molecular flexibility index (Phi) is 9.67. The third kappa shape index (κ3) is 6.95. The van der Waals surface area contributed by atoms with Crippen molar-refractivity contribution in [2.45, 2.75) is 65.8 Å². The lowest BCUT2D eigenvalue weighted by molar-refractivity contribution is 0.0974. The Morgan fingerprint density at radius 1 is 1.11 bits per heavy atom. The van der Waals surface area contributed by atoms with Crippen molar-refractivity contribution in [2.24, 2.45) is 4.99 Å². The van der Waals surface area contributed by atoms with Crippen molar-refractivity contribution in [3.8, 4) is 5.75 Å². The van der Waals surface area contributed by atoms with Crippen LogP contribution in [0.5, 0.6) is 5.75 Å². The van der Waals surface area contributed by atoms with Crippen molar-refractivity contribution in [3.63, 3.8) is 0 Å². The van der Waals surface area contributed by atoms with Crippen LogP contribution in [0.1, 0.15) is 63.1 Å². The predicted octanol–water partition coefficient (Wildman–Crippen LogP) is 7.18. The van der Waals surface area contributed by atoms with Gasteiger partial charge in [0.2, 0.25) is 5.90 Å². The van der Waals surface area contributed by atoms with E-state index in [9.17, 15) is 4.79 Å². The SMILES string of the molecule is CCCOC(=O)N1CCc2c(OCCC3=C(C)COC(C4=CCC=C(Br)C=C4)=N3)ccc(CCC)c2C1. The first-order chi connectivity index (χ1) is 18.0. The lowest BCUT2D eigenvalue weighted by atomic mass is 9.92. The fourth-order valence-corrected chi connectivity index (χ4v) is 5.05. The third-order valence-electron chi connectivity index (χ3n) is 6.74. The summed E-state index contributed by atoms with van der Waals surface area (Å²) in [7, 11) is 0. The molecule has 4 rings (SSSR count). The highest BCUT2D eigenvalue weighted by Gasteiger charge is 2.26. The Bertz CT molecular complexity index is 1160. The molecule has 1 amide bonds. The van der Waals surface area contributed by atoms with Gasteiger partial charge in [0.15, 0.2) is 0 Å². The average molecular weight is 570 g/mol. The van der Waals surface area contributed by atoms with Crippen molar-refractivity contribution < 1.29 is 19.0 Å². The van der Waals surface area contributed by atoms with Crippen LogP contribution < -0.4 is 4.74 Å². The molecule has 3 aliphatic rings. The topological polar surface area (TPSA) is 60.4 Å². The monoisotopic (exact) mass is 568 g/mol. The smallest absolute Gasteiger partial charge is 0.410 e. The van der Waals surface area contributed by atoms with Gasteiger partial charge in [0.1, 0.15) is 12.4 Å². The first-order valence-electron chi connectivity index (χ1n) is 13.3. The molecule has 0 unspecified atom stereocenters. The molecule has 37 heavy (non-hydrogen) atoms. The van der Waals surface area contributed by atoms with Gasteiger partial charge in [-0.3, -0.25) is 0 Å². The van der Waals surface area contributed by atoms with Crippen molar-refractivity contribution in [1.82, 2.24) is 4.90 Å². The molecule has 0 bridgehead atoms. The maximum absolute atomic E-state index is 12.5. The van der Waals surface area contributed by atoms with E-state index in [0.717, 1.165) is 59.2 Å². The number of carbonyl (C=O) groups is 1. The molecule has 2 heterocycles. The summed E-state index contributed by atoms with van der Waals surface area (Å²) in [6.07, 6.45) is 13.3. The van der Waals surface area contributed by atoms with Gasteiger partial charge in [0, 0.05) is 35.1 Å². The third-order valence-corrected chi connectivity index (χ3v) is 7.33. The minimum Gasteiger partial charge on any atom is -0.493 e. The number of allylic oxidation sites excluding steroid dienone is 4. The van der Waals surface area contributed by atoms with E-state index >= 15 is 0 Å². The zero-order valence-corrected chi connectivity index (χ0v) is 23.7. The summed E-state index contributed by atoms with van der Waals surface area (Å²) in [5.41, 5.74) is 6.88. The summed E-state index contributed by atoms with van der Waals surface area (Å²) < 4.78 is 18.7. The molecule has 0 spiro atoms. The molecule has 1 aromatic carbocycles. The fraction of sp³-hybridized carbons (Fsp3) is 0.467. The van der Waals surface area contributed by atoms with E-state index < -0.39 is 0 Å². The number of hydrogen-bond donors (Lipinski definition) is 0. The second kappa shape index (κ2) is 13.1. The zero-order chi connectivity index (χ0) is 26.2. The molecule has 6 nitrogen and oxygen atoms in total. The zero-order valence-electron chi connectivity index (χ0n) is 22.1. The average Bonchev–Trinajstić information content (AvgIpc) is 3.13. The van der Waals surface area contributed by atoms with Crippen molar-refractivity contribution in [2.75, 3.05) is 26.4 Å². The van der Waals surface area contributed by atoms with E-state index in [-0.39, 0.29) is 6.09 Å². The van der Waals surface area contributed by atoms with E-state index in [2.05, 4.69) is 54.1 Å². The number of benzene rings is 1. The van der Waals surface area contributed by atoms with Gasteiger partial charge in [0.05, 0.1) is 18.9 Å². The number of aryl methyl sites for hydroxylation is 1. The van der Waals surface area contributed by atoms with Gasteiger partial charge in [0.25, 0.3) is 0 Å². The number of amides is 1. The Morgan fingerprint density at radius 2 is 1.97 bits per heavy atom. The summed E-state index contributed by atoms with van der Waals surface area (Å²) in [5.74, 6) is 1.58. The summed E-state index contributed by atoms with van der Waals surface area (Å²) in [6, 6.07) is 4.26. The number of aliphatic imine (C=N–C) groups is 1. The largest absolute Gasteiger partial charge is 0.493 e. The molecule has 1 aliphatic carbocycles. The van der Waals surface area contributed by atoms with Gasteiger partial charge >= 0.3 is 6.09 Å². The Balaban J connectivity index is 1.44. The minimum atomic E-state index is -0.223. The van der Waals surface area contributed by atoms with Gasteiger partial charge in [-0.1, -0.05) is 54.4 Å². The second-order valence-corrected chi connectivity index (χ2v) is 10.5. The molecule has 0 radical (unpaired) electrons.